The molecule has 1 aromatic carbocycles. The van der Waals surface area contributed by atoms with Crippen molar-refractivity contribution in [1.82, 2.24) is 0 Å². The van der Waals surface area contributed by atoms with Gasteiger partial charge in [-0.25, -0.2) is 4.39 Å². The van der Waals surface area contributed by atoms with Crippen LogP contribution in [0.15, 0.2) is 18.2 Å². The summed E-state index contributed by atoms with van der Waals surface area (Å²) in [7, 11) is 0. The van der Waals surface area contributed by atoms with Crippen molar-refractivity contribution in [2.45, 2.75) is 34.6 Å². The first-order valence-corrected chi connectivity index (χ1v) is 6.80. The van der Waals surface area contributed by atoms with Gasteiger partial charge in [-0.1, -0.05) is 33.8 Å². The molecule has 0 aliphatic carbocycles. The Morgan fingerprint density at radius 1 is 1.22 bits per heavy atom. The Kier molecular flexibility index (Phi) is 3.39. The maximum atomic E-state index is 13.6. The minimum atomic E-state index is -0.0978. The van der Waals surface area contributed by atoms with Crippen LogP contribution in [0.25, 0.3) is 0 Å². The Hall–Kier alpha value is -1.05. The van der Waals surface area contributed by atoms with Gasteiger partial charge in [0.2, 0.25) is 0 Å². The van der Waals surface area contributed by atoms with Crippen molar-refractivity contribution in [3.8, 4) is 0 Å². The van der Waals surface area contributed by atoms with Crippen molar-refractivity contribution in [3.05, 3.63) is 29.6 Å². The molecule has 0 saturated carbocycles. The topological polar surface area (TPSA) is 3.24 Å². The van der Waals surface area contributed by atoms with E-state index in [1.165, 1.54) is 0 Å². The number of hydrogen-bond donors (Lipinski definition) is 0. The first-order chi connectivity index (χ1) is 8.29. The lowest BCUT2D eigenvalue weighted by molar-refractivity contribution is 0.214. The third-order valence-electron chi connectivity index (χ3n) is 4.25. The standard InChI is InChI=1S/C16H24FN/c1-11-6-7-13(8-15(11)17)18-9-12(2)14(10-18)16(3,4)5/h6-8,12,14H,9-10H2,1-5H3. The van der Waals surface area contributed by atoms with E-state index in [0.29, 0.717) is 17.3 Å². The lowest BCUT2D eigenvalue weighted by Crippen LogP contribution is -2.27. The number of anilines is 1. The van der Waals surface area contributed by atoms with E-state index < -0.39 is 0 Å². The van der Waals surface area contributed by atoms with Gasteiger partial charge in [0, 0.05) is 18.8 Å². The highest BCUT2D eigenvalue weighted by Gasteiger charge is 2.37. The van der Waals surface area contributed by atoms with Gasteiger partial charge in [0.05, 0.1) is 0 Å². The molecule has 18 heavy (non-hydrogen) atoms. The number of benzene rings is 1. The molecule has 0 N–H and O–H groups in total. The zero-order valence-electron chi connectivity index (χ0n) is 12.1. The van der Waals surface area contributed by atoms with E-state index in [1.807, 2.05) is 19.1 Å². The highest BCUT2D eigenvalue weighted by Crippen LogP contribution is 2.39. The van der Waals surface area contributed by atoms with E-state index in [9.17, 15) is 4.39 Å². The molecule has 2 atom stereocenters. The van der Waals surface area contributed by atoms with Gasteiger partial charge in [-0.15, -0.1) is 0 Å². The summed E-state index contributed by atoms with van der Waals surface area (Å²) in [5.74, 6) is 1.23. The summed E-state index contributed by atoms with van der Waals surface area (Å²) in [6.07, 6.45) is 0. The summed E-state index contributed by atoms with van der Waals surface area (Å²) in [6, 6.07) is 5.59. The molecule has 100 valence electrons. The van der Waals surface area contributed by atoms with Crippen LogP contribution in [-0.4, -0.2) is 13.1 Å². The molecule has 2 unspecified atom stereocenters. The Labute approximate surface area is 110 Å². The van der Waals surface area contributed by atoms with Crippen LogP contribution in [0.1, 0.15) is 33.3 Å². The van der Waals surface area contributed by atoms with Crippen LogP contribution in [0.4, 0.5) is 10.1 Å². The predicted molar refractivity (Wildman–Crippen MR) is 75.5 cm³/mol. The van der Waals surface area contributed by atoms with Crippen LogP contribution in [0.3, 0.4) is 0 Å². The van der Waals surface area contributed by atoms with E-state index in [-0.39, 0.29) is 5.82 Å². The van der Waals surface area contributed by atoms with Crippen molar-refractivity contribution in [2.24, 2.45) is 17.3 Å². The van der Waals surface area contributed by atoms with E-state index in [4.69, 9.17) is 0 Å². The highest BCUT2D eigenvalue weighted by atomic mass is 19.1. The summed E-state index contributed by atoms with van der Waals surface area (Å²) in [6.45, 7) is 13.1. The van der Waals surface area contributed by atoms with Gasteiger partial charge in [-0.2, -0.15) is 0 Å². The summed E-state index contributed by atoms with van der Waals surface area (Å²) < 4.78 is 13.6. The lowest BCUT2D eigenvalue weighted by atomic mass is 9.76. The van der Waals surface area contributed by atoms with E-state index in [0.717, 1.165) is 24.3 Å². The number of nitrogens with zero attached hydrogens (tertiary/aromatic N) is 1. The van der Waals surface area contributed by atoms with Crippen molar-refractivity contribution in [3.63, 3.8) is 0 Å². The molecule has 0 aromatic heterocycles. The van der Waals surface area contributed by atoms with E-state index in [1.54, 1.807) is 6.07 Å². The van der Waals surface area contributed by atoms with Crippen molar-refractivity contribution in [1.29, 1.82) is 0 Å². The zero-order valence-corrected chi connectivity index (χ0v) is 12.1. The molecule has 0 spiro atoms. The normalized spacial score (nSPS) is 24.7. The lowest BCUT2D eigenvalue weighted by Gasteiger charge is -2.30. The molecule has 0 bridgehead atoms. The molecule has 2 rings (SSSR count). The summed E-state index contributed by atoms with van der Waals surface area (Å²) in [4.78, 5) is 2.32. The van der Waals surface area contributed by atoms with Gasteiger partial charge in [0.15, 0.2) is 0 Å². The summed E-state index contributed by atoms with van der Waals surface area (Å²) in [5, 5.41) is 0. The Morgan fingerprint density at radius 2 is 1.89 bits per heavy atom. The number of hydrogen-bond acceptors (Lipinski definition) is 1. The van der Waals surface area contributed by atoms with Crippen LogP contribution < -0.4 is 4.90 Å². The highest BCUT2D eigenvalue weighted by molar-refractivity contribution is 5.49. The van der Waals surface area contributed by atoms with Crippen molar-refractivity contribution < 1.29 is 4.39 Å². The van der Waals surface area contributed by atoms with Crippen molar-refractivity contribution >= 4 is 5.69 Å². The fourth-order valence-electron chi connectivity index (χ4n) is 3.08. The van der Waals surface area contributed by atoms with E-state index >= 15 is 0 Å². The fourth-order valence-corrected chi connectivity index (χ4v) is 3.08. The third kappa shape index (κ3) is 2.52. The minimum absolute atomic E-state index is 0.0978. The Bertz CT molecular complexity index is 433. The molecule has 0 amide bonds. The van der Waals surface area contributed by atoms with Crippen molar-refractivity contribution in [2.75, 3.05) is 18.0 Å². The summed E-state index contributed by atoms with van der Waals surface area (Å²) >= 11 is 0. The molecule has 2 heteroatoms. The van der Waals surface area contributed by atoms with Crippen LogP contribution in [0.2, 0.25) is 0 Å². The predicted octanol–water partition coefficient (Wildman–Crippen LogP) is 4.25. The largest absolute Gasteiger partial charge is 0.371 e. The smallest absolute Gasteiger partial charge is 0.128 e. The van der Waals surface area contributed by atoms with Crippen LogP contribution in [-0.2, 0) is 0 Å². The molecule has 1 fully saturated rings. The Balaban J connectivity index is 2.19. The third-order valence-corrected chi connectivity index (χ3v) is 4.25. The molecule has 1 heterocycles. The van der Waals surface area contributed by atoms with Gasteiger partial charge < -0.3 is 4.90 Å². The quantitative estimate of drug-likeness (QED) is 0.719. The van der Waals surface area contributed by atoms with Gasteiger partial charge in [0.1, 0.15) is 5.82 Å². The molecule has 1 aliphatic rings. The fraction of sp³-hybridized carbons (Fsp3) is 0.625. The molecule has 0 radical (unpaired) electrons. The number of aryl methyl sites for hydroxylation is 1. The Morgan fingerprint density at radius 3 is 2.39 bits per heavy atom. The summed E-state index contributed by atoms with van der Waals surface area (Å²) in [5.41, 5.74) is 2.06. The molecule has 1 aliphatic heterocycles. The molecular formula is C16H24FN. The maximum absolute atomic E-state index is 13.6. The second-order valence-electron chi connectivity index (χ2n) is 6.79. The van der Waals surface area contributed by atoms with Crippen LogP contribution >= 0.6 is 0 Å². The van der Waals surface area contributed by atoms with Gasteiger partial charge >= 0.3 is 0 Å². The number of rotatable bonds is 1. The maximum Gasteiger partial charge on any atom is 0.128 e. The van der Waals surface area contributed by atoms with Crippen LogP contribution in [0, 0.1) is 30.0 Å². The van der Waals surface area contributed by atoms with Gasteiger partial charge in [0.25, 0.3) is 0 Å². The zero-order chi connectivity index (χ0) is 13.5. The van der Waals surface area contributed by atoms with Gasteiger partial charge in [-0.3, -0.25) is 0 Å². The molecule has 1 nitrogen and oxygen atoms in total. The minimum Gasteiger partial charge on any atom is -0.371 e. The SMILES string of the molecule is Cc1ccc(N2CC(C)C(C(C)(C)C)C2)cc1F. The molecule has 1 aromatic rings. The second kappa shape index (κ2) is 4.56. The second-order valence-corrected chi connectivity index (χ2v) is 6.79. The molecular weight excluding hydrogens is 225 g/mol. The monoisotopic (exact) mass is 249 g/mol. The molecule has 1 saturated heterocycles. The first kappa shape index (κ1) is 13.4. The van der Waals surface area contributed by atoms with E-state index in [2.05, 4.69) is 32.6 Å². The average Bonchev–Trinajstić information content (AvgIpc) is 2.64. The van der Waals surface area contributed by atoms with Gasteiger partial charge in [-0.05, 0) is 41.9 Å². The average molecular weight is 249 g/mol. The first-order valence-electron chi connectivity index (χ1n) is 6.80. The number of halogens is 1. The van der Waals surface area contributed by atoms with Crippen LogP contribution in [0.5, 0.6) is 0 Å².